The maximum atomic E-state index is 5.89. The Balaban J connectivity index is 1.63. The van der Waals surface area contributed by atoms with Gasteiger partial charge < -0.3 is 9.73 Å². The van der Waals surface area contributed by atoms with E-state index in [1.165, 1.54) is 0 Å². The summed E-state index contributed by atoms with van der Waals surface area (Å²) in [6.45, 7) is 0.922. The van der Waals surface area contributed by atoms with Crippen molar-refractivity contribution in [2.24, 2.45) is 0 Å². The quantitative estimate of drug-likeness (QED) is 0.791. The second-order valence-corrected chi connectivity index (χ2v) is 5.11. The molecule has 0 fully saturated rings. The number of benzene rings is 1. The van der Waals surface area contributed by atoms with Crippen LogP contribution in [0.4, 0.5) is 5.69 Å². The first-order valence-corrected chi connectivity index (χ1v) is 6.97. The van der Waals surface area contributed by atoms with Gasteiger partial charge in [0.15, 0.2) is 0 Å². The summed E-state index contributed by atoms with van der Waals surface area (Å²) in [5.74, 6) is 2.98. The van der Waals surface area contributed by atoms with E-state index in [1.54, 1.807) is 6.26 Å². The normalized spacial score (nSPS) is 10.4. The number of thioether (sulfide) groups is 1. The Labute approximate surface area is 110 Å². The van der Waals surface area contributed by atoms with Gasteiger partial charge in [0.25, 0.3) is 0 Å². The Morgan fingerprint density at radius 2 is 2.18 bits per heavy atom. The molecule has 17 heavy (non-hydrogen) atoms. The number of nitrogens with one attached hydrogen (secondary N) is 1. The number of rotatable bonds is 6. The predicted octanol–water partition coefficient (Wildman–Crippen LogP) is 4.28. The minimum absolute atomic E-state index is 0.762. The van der Waals surface area contributed by atoms with Gasteiger partial charge in [-0.1, -0.05) is 17.7 Å². The Morgan fingerprint density at radius 3 is 2.94 bits per heavy atom. The number of anilines is 1. The largest absolute Gasteiger partial charge is 0.468 e. The zero-order chi connectivity index (χ0) is 11.9. The lowest BCUT2D eigenvalue weighted by atomic mass is 10.3. The van der Waals surface area contributed by atoms with Gasteiger partial charge in [0.1, 0.15) is 5.76 Å². The molecule has 4 heteroatoms. The van der Waals surface area contributed by atoms with Gasteiger partial charge in [-0.15, -0.1) is 0 Å². The fraction of sp³-hybridized carbons (Fsp3) is 0.231. The third-order valence-electron chi connectivity index (χ3n) is 2.22. The van der Waals surface area contributed by atoms with E-state index >= 15 is 0 Å². The third kappa shape index (κ3) is 4.36. The van der Waals surface area contributed by atoms with Crippen LogP contribution in [0, 0.1) is 0 Å². The van der Waals surface area contributed by atoms with Gasteiger partial charge in [-0.05, 0) is 30.3 Å². The summed E-state index contributed by atoms with van der Waals surface area (Å²) in [5, 5.41) is 4.09. The molecule has 0 aliphatic rings. The molecule has 2 aromatic rings. The summed E-state index contributed by atoms with van der Waals surface area (Å²) in [7, 11) is 0. The summed E-state index contributed by atoms with van der Waals surface area (Å²) in [6, 6.07) is 11.7. The van der Waals surface area contributed by atoms with Gasteiger partial charge >= 0.3 is 0 Å². The molecule has 90 valence electrons. The highest BCUT2D eigenvalue weighted by Crippen LogP contribution is 2.16. The molecule has 0 amide bonds. The molecule has 0 aliphatic carbocycles. The molecule has 2 rings (SSSR count). The molecule has 0 atom stereocenters. The predicted molar refractivity (Wildman–Crippen MR) is 74.8 cm³/mol. The summed E-state index contributed by atoms with van der Waals surface area (Å²) in [4.78, 5) is 0. The van der Waals surface area contributed by atoms with Crippen molar-refractivity contribution in [1.82, 2.24) is 0 Å². The van der Waals surface area contributed by atoms with Crippen LogP contribution in [0.25, 0.3) is 0 Å². The zero-order valence-corrected chi connectivity index (χ0v) is 10.9. The smallest absolute Gasteiger partial charge is 0.113 e. The molecular formula is C13H14ClNOS. The SMILES string of the molecule is Clc1cccc(NCCSCc2ccco2)c1. The number of halogens is 1. The van der Waals surface area contributed by atoms with Crippen molar-refractivity contribution in [3.05, 3.63) is 53.4 Å². The molecular weight excluding hydrogens is 254 g/mol. The Morgan fingerprint density at radius 1 is 1.24 bits per heavy atom. The average molecular weight is 268 g/mol. The lowest BCUT2D eigenvalue weighted by Crippen LogP contribution is -2.03. The monoisotopic (exact) mass is 267 g/mol. The van der Waals surface area contributed by atoms with E-state index in [2.05, 4.69) is 5.32 Å². The average Bonchev–Trinajstić information content (AvgIpc) is 2.82. The van der Waals surface area contributed by atoms with Crippen LogP contribution in [0.5, 0.6) is 0 Å². The van der Waals surface area contributed by atoms with E-state index in [0.29, 0.717) is 0 Å². The Bertz CT molecular complexity index is 444. The molecule has 0 bridgehead atoms. The van der Waals surface area contributed by atoms with Crippen molar-refractivity contribution in [2.45, 2.75) is 5.75 Å². The van der Waals surface area contributed by atoms with Crippen LogP contribution in [0.1, 0.15) is 5.76 Å². The molecule has 1 aromatic carbocycles. The molecule has 0 aliphatic heterocycles. The maximum absolute atomic E-state index is 5.89. The minimum atomic E-state index is 0.762. The fourth-order valence-corrected chi connectivity index (χ4v) is 2.38. The molecule has 0 saturated heterocycles. The van der Waals surface area contributed by atoms with Crippen LogP contribution < -0.4 is 5.32 Å². The van der Waals surface area contributed by atoms with Crippen molar-refractivity contribution < 1.29 is 4.42 Å². The topological polar surface area (TPSA) is 25.2 Å². The van der Waals surface area contributed by atoms with Crippen LogP contribution in [-0.4, -0.2) is 12.3 Å². The molecule has 1 N–H and O–H groups in total. The lowest BCUT2D eigenvalue weighted by molar-refractivity contribution is 0.530. The molecule has 0 spiro atoms. The molecule has 2 nitrogen and oxygen atoms in total. The first-order chi connectivity index (χ1) is 8.34. The van der Waals surface area contributed by atoms with Gasteiger partial charge in [-0.2, -0.15) is 11.8 Å². The van der Waals surface area contributed by atoms with Gasteiger partial charge in [0.05, 0.1) is 12.0 Å². The first kappa shape index (κ1) is 12.4. The number of hydrogen-bond donors (Lipinski definition) is 1. The summed E-state index contributed by atoms with van der Waals surface area (Å²) in [5.41, 5.74) is 1.07. The highest BCUT2D eigenvalue weighted by molar-refractivity contribution is 7.98. The lowest BCUT2D eigenvalue weighted by Gasteiger charge is -2.05. The molecule has 1 aromatic heterocycles. The number of furan rings is 1. The van der Waals surface area contributed by atoms with Crippen LogP contribution >= 0.6 is 23.4 Å². The van der Waals surface area contributed by atoms with E-state index in [0.717, 1.165) is 34.5 Å². The molecule has 0 saturated carbocycles. The second-order valence-electron chi connectivity index (χ2n) is 3.57. The fourth-order valence-electron chi connectivity index (χ4n) is 1.43. The van der Waals surface area contributed by atoms with Crippen LogP contribution in [0.15, 0.2) is 47.1 Å². The van der Waals surface area contributed by atoms with Crippen molar-refractivity contribution in [3.8, 4) is 0 Å². The zero-order valence-electron chi connectivity index (χ0n) is 9.36. The van der Waals surface area contributed by atoms with Crippen LogP contribution in [0.2, 0.25) is 5.02 Å². The van der Waals surface area contributed by atoms with E-state index in [9.17, 15) is 0 Å². The van der Waals surface area contributed by atoms with Crippen molar-refractivity contribution in [3.63, 3.8) is 0 Å². The Hall–Kier alpha value is -1.06. The molecule has 0 unspecified atom stereocenters. The molecule has 0 radical (unpaired) electrons. The van der Waals surface area contributed by atoms with Crippen LogP contribution in [-0.2, 0) is 5.75 Å². The van der Waals surface area contributed by atoms with Gasteiger partial charge in [0.2, 0.25) is 0 Å². The first-order valence-electron chi connectivity index (χ1n) is 5.44. The summed E-state index contributed by atoms with van der Waals surface area (Å²) in [6.07, 6.45) is 1.71. The summed E-state index contributed by atoms with van der Waals surface area (Å²) < 4.78 is 5.26. The van der Waals surface area contributed by atoms with Crippen molar-refractivity contribution >= 4 is 29.1 Å². The van der Waals surface area contributed by atoms with E-state index < -0.39 is 0 Å². The van der Waals surface area contributed by atoms with E-state index in [4.69, 9.17) is 16.0 Å². The third-order valence-corrected chi connectivity index (χ3v) is 3.44. The highest BCUT2D eigenvalue weighted by Gasteiger charge is 1.96. The maximum Gasteiger partial charge on any atom is 0.113 e. The van der Waals surface area contributed by atoms with Gasteiger partial charge in [-0.25, -0.2) is 0 Å². The van der Waals surface area contributed by atoms with Gasteiger partial charge in [-0.3, -0.25) is 0 Å². The number of hydrogen-bond acceptors (Lipinski definition) is 3. The highest BCUT2D eigenvalue weighted by atomic mass is 35.5. The molecule has 1 heterocycles. The van der Waals surface area contributed by atoms with E-state index in [1.807, 2.05) is 48.2 Å². The van der Waals surface area contributed by atoms with Crippen molar-refractivity contribution in [2.75, 3.05) is 17.6 Å². The van der Waals surface area contributed by atoms with E-state index in [-0.39, 0.29) is 0 Å². The van der Waals surface area contributed by atoms with Crippen molar-refractivity contribution in [1.29, 1.82) is 0 Å². The standard InChI is InChI=1S/C13H14ClNOS/c14-11-3-1-4-12(9-11)15-6-8-17-10-13-5-2-7-16-13/h1-5,7,9,15H,6,8,10H2. The minimum Gasteiger partial charge on any atom is -0.468 e. The van der Waals surface area contributed by atoms with Crippen LogP contribution in [0.3, 0.4) is 0 Å². The second kappa shape index (κ2) is 6.62. The summed E-state index contributed by atoms with van der Waals surface area (Å²) >= 11 is 7.74. The van der Waals surface area contributed by atoms with Gasteiger partial charge in [0, 0.05) is 23.0 Å². The Kier molecular flexibility index (Phi) is 4.83.